The Hall–Kier alpha value is -0.900. The van der Waals surface area contributed by atoms with Gasteiger partial charge >= 0.3 is 0 Å². The van der Waals surface area contributed by atoms with Crippen molar-refractivity contribution in [2.24, 2.45) is 5.92 Å². The maximum absolute atomic E-state index is 10.1. The number of benzene rings is 1. The smallest absolute Gasteiger partial charge is 0.0914 e. The van der Waals surface area contributed by atoms with Crippen LogP contribution in [0.25, 0.3) is 0 Å². The number of aliphatic hydroxyl groups is 2. The highest BCUT2D eigenvalue weighted by atomic mass is 16.3. The van der Waals surface area contributed by atoms with Crippen LogP contribution in [0.15, 0.2) is 24.3 Å². The molecule has 0 bridgehead atoms. The summed E-state index contributed by atoms with van der Waals surface area (Å²) in [4.78, 5) is 0. The molecule has 0 saturated heterocycles. The van der Waals surface area contributed by atoms with Crippen LogP contribution in [0.4, 0.5) is 0 Å². The molecular formula is C17H29NO2. The highest BCUT2D eigenvalue weighted by Crippen LogP contribution is 2.15. The summed E-state index contributed by atoms with van der Waals surface area (Å²) in [6.07, 6.45) is 1.23. The maximum Gasteiger partial charge on any atom is 0.0914 e. The molecule has 3 nitrogen and oxygen atoms in total. The predicted octanol–water partition coefficient (Wildman–Crippen LogP) is 2.67. The van der Waals surface area contributed by atoms with Gasteiger partial charge in [-0.15, -0.1) is 0 Å². The van der Waals surface area contributed by atoms with Crippen LogP contribution in [0.5, 0.6) is 0 Å². The summed E-state index contributed by atoms with van der Waals surface area (Å²) >= 11 is 0. The van der Waals surface area contributed by atoms with Gasteiger partial charge in [-0.25, -0.2) is 0 Å². The molecule has 1 aromatic rings. The summed E-state index contributed by atoms with van der Waals surface area (Å²) in [5.41, 5.74) is 1.51. The third-order valence-electron chi connectivity index (χ3n) is 3.61. The molecule has 0 amide bonds. The molecule has 0 fully saturated rings. The first-order chi connectivity index (χ1) is 9.34. The molecule has 3 heteroatoms. The van der Waals surface area contributed by atoms with Gasteiger partial charge in [0.1, 0.15) is 0 Å². The van der Waals surface area contributed by atoms with E-state index in [-0.39, 0.29) is 0 Å². The minimum Gasteiger partial charge on any atom is -0.389 e. The van der Waals surface area contributed by atoms with E-state index in [1.165, 1.54) is 5.56 Å². The number of hydrogen-bond donors (Lipinski definition) is 3. The molecule has 0 aliphatic carbocycles. The van der Waals surface area contributed by atoms with Crippen LogP contribution in [-0.4, -0.2) is 28.9 Å². The first-order valence-corrected chi connectivity index (χ1v) is 7.54. The van der Waals surface area contributed by atoms with Gasteiger partial charge in [0.2, 0.25) is 0 Å². The van der Waals surface area contributed by atoms with E-state index < -0.39 is 11.7 Å². The molecule has 0 aliphatic heterocycles. The lowest BCUT2D eigenvalue weighted by Gasteiger charge is -2.22. The lowest BCUT2D eigenvalue weighted by Crippen LogP contribution is -2.38. The Labute approximate surface area is 123 Å². The lowest BCUT2D eigenvalue weighted by atomic mass is 10.00. The molecule has 0 aromatic heterocycles. The fourth-order valence-electron chi connectivity index (χ4n) is 2.07. The minimum atomic E-state index is -0.707. The Balaban J connectivity index is 2.45. The molecule has 1 rings (SSSR count). The second-order valence-corrected chi connectivity index (χ2v) is 6.34. The van der Waals surface area contributed by atoms with E-state index >= 15 is 0 Å². The number of aliphatic hydroxyl groups excluding tert-OH is 1. The summed E-state index contributed by atoms with van der Waals surface area (Å²) in [6.45, 7) is 9.10. The monoisotopic (exact) mass is 279 g/mol. The second kappa shape index (κ2) is 7.77. The van der Waals surface area contributed by atoms with Gasteiger partial charge in [-0.05, 0) is 36.8 Å². The molecule has 20 heavy (non-hydrogen) atoms. The number of rotatable bonds is 8. The Kier molecular flexibility index (Phi) is 6.66. The standard InChI is InChI=1S/C17H29NO2/c1-5-17(4,20)12-18-11-16(19)15-8-6-14(7-9-15)10-13(2)3/h6-9,13,16,18-20H,5,10-12H2,1-4H3. The van der Waals surface area contributed by atoms with Gasteiger partial charge < -0.3 is 15.5 Å². The molecule has 0 saturated carbocycles. The van der Waals surface area contributed by atoms with E-state index in [0.29, 0.717) is 25.4 Å². The molecular weight excluding hydrogens is 250 g/mol. The third kappa shape index (κ3) is 6.04. The lowest BCUT2D eigenvalue weighted by molar-refractivity contribution is 0.0516. The summed E-state index contributed by atoms with van der Waals surface area (Å²) in [5, 5.41) is 23.1. The zero-order valence-corrected chi connectivity index (χ0v) is 13.2. The van der Waals surface area contributed by atoms with Gasteiger partial charge in [-0.2, -0.15) is 0 Å². The zero-order valence-electron chi connectivity index (χ0n) is 13.2. The minimum absolute atomic E-state index is 0.458. The van der Waals surface area contributed by atoms with Gasteiger partial charge in [0, 0.05) is 13.1 Å². The van der Waals surface area contributed by atoms with Crippen molar-refractivity contribution >= 4 is 0 Å². The topological polar surface area (TPSA) is 52.5 Å². The molecule has 2 unspecified atom stereocenters. The van der Waals surface area contributed by atoms with Crippen molar-refractivity contribution in [2.45, 2.75) is 52.2 Å². The second-order valence-electron chi connectivity index (χ2n) is 6.34. The van der Waals surface area contributed by atoms with Gasteiger partial charge in [0.25, 0.3) is 0 Å². The van der Waals surface area contributed by atoms with Crippen molar-refractivity contribution in [1.29, 1.82) is 0 Å². The highest BCUT2D eigenvalue weighted by molar-refractivity contribution is 5.24. The molecule has 3 N–H and O–H groups in total. The van der Waals surface area contributed by atoms with Crippen LogP contribution >= 0.6 is 0 Å². The van der Waals surface area contributed by atoms with Crippen molar-refractivity contribution in [3.05, 3.63) is 35.4 Å². The Morgan fingerprint density at radius 2 is 1.80 bits per heavy atom. The van der Waals surface area contributed by atoms with E-state index in [9.17, 15) is 10.2 Å². The molecule has 0 radical (unpaired) electrons. The summed E-state index contributed by atoms with van der Waals surface area (Å²) < 4.78 is 0. The summed E-state index contributed by atoms with van der Waals surface area (Å²) in [5.74, 6) is 0.642. The Morgan fingerprint density at radius 1 is 1.20 bits per heavy atom. The summed E-state index contributed by atoms with van der Waals surface area (Å²) in [7, 11) is 0. The fourth-order valence-corrected chi connectivity index (χ4v) is 2.07. The molecule has 2 atom stereocenters. The maximum atomic E-state index is 10.1. The Bertz CT molecular complexity index is 384. The number of nitrogens with one attached hydrogen (secondary N) is 1. The van der Waals surface area contributed by atoms with E-state index in [1.54, 1.807) is 6.92 Å². The molecule has 0 spiro atoms. The van der Waals surface area contributed by atoms with E-state index in [2.05, 4.69) is 31.3 Å². The van der Waals surface area contributed by atoms with Gasteiger partial charge in [-0.3, -0.25) is 0 Å². The van der Waals surface area contributed by atoms with Crippen molar-refractivity contribution in [3.63, 3.8) is 0 Å². The largest absolute Gasteiger partial charge is 0.389 e. The van der Waals surface area contributed by atoms with Crippen LogP contribution in [0.2, 0.25) is 0 Å². The normalized spacial score (nSPS) is 16.1. The molecule has 0 heterocycles. The predicted molar refractivity (Wildman–Crippen MR) is 83.7 cm³/mol. The van der Waals surface area contributed by atoms with E-state index in [1.807, 2.05) is 19.1 Å². The average Bonchev–Trinajstić information content (AvgIpc) is 2.38. The molecule has 114 valence electrons. The Morgan fingerprint density at radius 3 is 2.30 bits per heavy atom. The van der Waals surface area contributed by atoms with Crippen molar-refractivity contribution in [2.75, 3.05) is 13.1 Å². The van der Waals surface area contributed by atoms with Crippen molar-refractivity contribution < 1.29 is 10.2 Å². The van der Waals surface area contributed by atoms with Crippen LogP contribution < -0.4 is 5.32 Å². The molecule has 0 aliphatic rings. The van der Waals surface area contributed by atoms with E-state index in [0.717, 1.165) is 12.0 Å². The zero-order chi connectivity index (χ0) is 15.2. The van der Waals surface area contributed by atoms with Crippen LogP contribution in [0, 0.1) is 5.92 Å². The molecule has 1 aromatic carbocycles. The van der Waals surface area contributed by atoms with Crippen LogP contribution in [0.1, 0.15) is 51.3 Å². The van der Waals surface area contributed by atoms with Gasteiger partial charge in [0.05, 0.1) is 11.7 Å². The first kappa shape index (κ1) is 17.2. The SMILES string of the molecule is CCC(C)(O)CNCC(O)c1ccc(CC(C)C)cc1. The van der Waals surface area contributed by atoms with Crippen molar-refractivity contribution in [1.82, 2.24) is 5.32 Å². The average molecular weight is 279 g/mol. The van der Waals surface area contributed by atoms with Crippen LogP contribution in [0.3, 0.4) is 0 Å². The van der Waals surface area contributed by atoms with Gasteiger partial charge in [-0.1, -0.05) is 45.0 Å². The third-order valence-corrected chi connectivity index (χ3v) is 3.61. The first-order valence-electron chi connectivity index (χ1n) is 7.54. The van der Waals surface area contributed by atoms with Crippen LogP contribution in [-0.2, 0) is 6.42 Å². The summed E-state index contributed by atoms with van der Waals surface area (Å²) in [6, 6.07) is 8.14. The fraction of sp³-hybridized carbons (Fsp3) is 0.647. The van der Waals surface area contributed by atoms with Crippen molar-refractivity contribution in [3.8, 4) is 0 Å². The highest BCUT2D eigenvalue weighted by Gasteiger charge is 2.17. The van der Waals surface area contributed by atoms with E-state index in [4.69, 9.17) is 0 Å². The van der Waals surface area contributed by atoms with Gasteiger partial charge in [0.15, 0.2) is 0 Å². The number of hydrogen-bond acceptors (Lipinski definition) is 3. The quantitative estimate of drug-likeness (QED) is 0.686.